The van der Waals surface area contributed by atoms with Gasteiger partial charge >= 0.3 is 0 Å². The van der Waals surface area contributed by atoms with Crippen LogP contribution >= 0.6 is 11.5 Å². The lowest BCUT2D eigenvalue weighted by atomic mass is 9.92. The molecule has 3 nitrogen and oxygen atoms in total. The summed E-state index contributed by atoms with van der Waals surface area (Å²) in [5.41, 5.74) is 0.899. The van der Waals surface area contributed by atoms with Gasteiger partial charge in [-0.1, -0.05) is 25.3 Å². The minimum atomic E-state index is -0.00887. The normalized spacial score (nSPS) is 12.0. The Morgan fingerprint density at radius 2 is 2.09 bits per heavy atom. The van der Waals surface area contributed by atoms with E-state index in [-0.39, 0.29) is 12.0 Å². The molecule has 0 fully saturated rings. The molecule has 0 amide bonds. The monoisotopic (exact) mass is 172 g/mol. The van der Waals surface area contributed by atoms with Crippen LogP contribution in [0.3, 0.4) is 0 Å². The van der Waals surface area contributed by atoms with Crippen LogP contribution in [0.15, 0.2) is 0 Å². The topological polar surface area (TPSA) is 46.0 Å². The van der Waals surface area contributed by atoms with Crippen LogP contribution in [-0.4, -0.2) is 14.7 Å². The molecule has 0 spiro atoms. The molecular formula is C7H12N2OS. The maximum absolute atomic E-state index is 8.90. The van der Waals surface area contributed by atoms with Gasteiger partial charge in [-0.05, 0) is 11.5 Å². The van der Waals surface area contributed by atoms with Gasteiger partial charge in [-0.3, -0.25) is 0 Å². The summed E-state index contributed by atoms with van der Waals surface area (Å²) in [5.74, 6) is 0. The molecule has 0 atom stereocenters. The summed E-state index contributed by atoms with van der Waals surface area (Å²) >= 11 is 1.27. The van der Waals surface area contributed by atoms with Gasteiger partial charge in [0, 0.05) is 5.41 Å². The summed E-state index contributed by atoms with van der Waals surface area (Å²) < 4.78 is 3.79. The SMILES string of the molecule is CC(C)(C)c1nnsc1CO. The molecule has 1 aromatic heterocycles. The minimum Gasteiger partial charge on any atom is -0.391 e. The van der Waals surface area contributed by atoms with E-state index in [1.165, 1.54) is 11.5 Å². The molecule has 11 heavy (non-hydrogen) atoms. The molecule has 0 aromatic carbocycles. The molecule has 1 rings (SSSR count). The van der Waals surface area contributed by atoms with E-state index in [1.54, 1.807) is 0 Å². The van der Waals surface area contributed by atoms with Crippen LogP contribution in [0.1, 0.15) is 31.3 Å². The van der Waals surface area contributed by atoms with Gasteiger partial charge in [0.05, 0.1) is 17.2 Å². The van der Waals surface area contributed by atoms with Crippen molar-refractivity contribution in [1.82, 2.24) is 9.59 Å². The second-order valence-corrected chi connectivity index (χ2v) is 4.29. The molecule has 62 valence electrons. The minimum absolute atomic E-state index is 0.00887. The second kappa shape index (κ2) is 2.87. The third-order valence-corrected chi connectivity index (χ3v) is 2.12. The number of hydrogen-bond acceptors (Lipinski definition) is 4. The van der Waals surface area contributed by atoms with Crippen molar-refractivity contribution in [2.45, 2.75) is 32.8 Å². The number of aliphatic hydroxyl groups is 1. The fraction of sp³-hybridized carbons (Fsp3) is 0.714. The van der Waals surface area contributed by atoms with E-state index < -0.39 is 0 Å². The molecule has 0 bridgehead atoms. The Kier molecular flexibility index (Phi) is 2.25. The highest BCUT2D eigenvalue weighted by molar-refractivity contribution is 7.05. The largest absolute Gasteiger partial charge is 0.391 e. The van der Waals surface area contributed by atoms with Gasteiger partial charge in [0.15, 0.2) is 0 Å². The lowest BCUT2D eigenvalue weighted by molar-refractivity contribution is 0.282. The fourth-order valence-electron chi connectivity index (χ4n) is 0.882. The van der Waals surface area contributed by atoms with Gasteiger partial charge in [0.2, 0.25) is 0 Å². The van der Waals surface area contributed by atoms with E-state index in [9.17, 15) is 0 Å². The third kappa shape index (κ3) is 1.75. The molecule has 0 aliphatic carbocycles. The van der Waals surface area contributed by atoms with E-state index in [4.69, 9.17) is 5.11 Å². The van der Waals surface area contributed by atoms with E-state index in [0.29, 0.717) is 0 Å². The molecule has 0 aliphatic heterocycles. The lowest BCUT2D eigenvalue weighted by Gasteiger charge is -2.15. The Morgan fingerprint density at radius 1 is 1.45 bits per heavy atom. The Labute approximate surface area is 70.2 Å². The average Bonchev–Trinajstić information content (AvgIpc) is 2.31. The quantitative estimate of drug-likeness (QED) is 0.695. The zero-order valence-electron chi connectivity index (χ0n) is 6.96. The zero-order chi connectivity index (χ0) is 8.48. The van der Waals surface area contributed by atoms with Crippen LogP contribution < -0.4 is 0 Å². The van der Waals surface area contributed by atoms with Crippen LogP contribution in [0.4, 0.5) is 0 Å². The maximum atomic E-state index is 8.90. The third-order valence-electron chi connectivity index (χ3n) is 1.41. The van der Waals surface area contributed by atoms with Gasteiger partial charge in [-0.15, -0.1) is 5.10 Å². The molecule has 0 radical (unpaired) electrons. The van der Waals surface area contributed by atoms with Crippen molar-refractivity contribution in [3.8, 4) is 0 Å². The van der Waals surface area contributed by atoms with Crippen molar-refractivity contribution in [2.75, 3.05) is 0 Å². The molecule has 1 heterocycles. The highest BCUT2D eigenvalue weighted by Gasteiger charge is 2.21. The molecule has 0 saturated carbocycles. The summed E-state index contributed by atoms with van der Waals surface area (Å²) in [6.45, 7) is 6.22. The summed E-state index contributed by atoms with van der Waals surface area (Å²) in [7, 11) is 0. The fourth-order valence-corrected chi connectivity index (χ4v) is 1.59. The van der Waals surface area contributed by atoms with E-state index >= 15 is 0 Å². The molecule has 4 heteroatoms. The van der Waals surface area contributed by atoms with Crippen LogP contribution in [0.2, 0.25) is 0 Å². The van der Waals surface area contributed by atoms with E-state index in [2.05, 4.69) is 30.4 Å². The molecule has 0 unspecified atom stereocenters. The van der Waals surface area contributed by atoms with Gasteiger partial charge in [0.25, 0.3) is 0 Å². The van der Waals surface area contributed by atoms with E-state index in [1.807, 2.05) is 0 Å². The number of hydrogen-bond donors (Lipinski definition) is 1. The first-order chi connectivity index (χ1) is 5.05. The van der Waals surface area contributed by atoms with Gasteiger partial charge < -0.3 is 5.11 Å². The Bertz CT molecular complexity index is 239. The number of rotatable bonds is 1. The molecular weight excluding hydrogens is 160 g/mol. The predicted octanol–water partition coefficient (Wildman–Crippen LogP) is 1.33. The number of nitrogens with zero attached hydrogens (tertiary/aromatic N) is 2. The van der Waals surface area contributed by atoms with Crippen molar-refractivity contribution in [3.63, 3.8) is 0 Å². The summed E-state index contributed by atoms with van der Waals surface area (Å²) in [5, 5.41) is 12.9. The Hall–Kier alpha value is -0.480. The average molecular weight is 172 g/mol. The first-order valence-corrected chi connectivity index (χ1v) is 4.25. The highest BCUT2D eigenvalue weighted by atomic mass is 32.1. The van der Waals surface area contributed by atoms with Gasteiger partial charge in [-0.25, -0.2) is 0 Å². The molecule has 0 aliphatic rings. The summed E-state index contributed by atoms with van der Waals surface area (Å²) in [6, 6.07) is 0. The first kappa shape index (κ1) is 8.62. The predicted molar refractivity (Wildman–Crippen MR) is 44.5 cm³/mol. The molecule has 1 N–H and O–H groups in total. The van der Waals surface area contributed by atoms with Crippen LogP contribution in [0.25, 0.3) is 0 Å². The first-order valence-electron chi connectivity index (χ1n) is 3.48. The standard InChI is InChI=1S/C7H12N2OS/c1-7(2,3)6-5(4-10)11-9-8-6/h10H,4H2,1-3H3. The maximum Gasteiger partial charge on any atom is 0.0864 e. The number of aliphatic hydroxyl groups excluding tert-OH is 1. The second-order valence-electron chi connectivity index (χ2n) is 3.45. The number of aromatic nitrogens is 2. The summed E-state index contributed by atoms with van der Waals surface area (Å²) in [6.07, 6.45) is 0. The van der Waals surface area contributed by atoms with Crippen molar-refractivity contribution >= 4 is 11.5 Å². The summed E-state index contributed by atoms with van der Waals surface area (Å²) in [4.78, 5) is 0.873. The van der Waals surface area contributed by atoms with Gasteiger partial charge in [-0.2, -0.15) is 0 Å². The molecule has 1 aromatic rings. The van der Waals surface area contributed by atoms with Crippen molar-refractivity contribution in [3.05, 3.63) is 10.6 Å². The lowest BCUT2D eigenvalue weighted by Crippen LogP contribution is -2.14. The van der Waals surface area contributed by atoms with Crippen LogP contribution in [0.5, 0.6) is 0 Å². The zero-order valence-corrected chi connectivity index (χ0v) is 7.77. The van der Waals surface area contributed by atoms with Crippen molar-refractivity contribution in [2.24, 2.45) is 0 Å². The van der Waals surface area contributed by atoms with E-state index in [0.717, 1.165) is 10.6 Å². The Morgan fingerprint density at radius 3 is 2.45 bits per heavy atom. The smallest absolute Gasteiger partial charge is 0.0864 e. The molecule has 0 saturated heterocycles. The van der Waals surface area contributed by atoms with Gasteiger partial charge in [0.1, 0.15) is 0 Å². The van der Waals surface area contributed by atoms with Crippen molar-refractivity contribution < 1.29 is 5.11 Å². The Balaban J connectivity index is 3.02. The van der Waals surface area contributed by atoms with Crippen molar-refractivity contribution in [1.29, 1.82) is 0 Å². The highest BCUT2D eigenvalue weighted by Crippen LogP contribution is 2.25. The van der Waals surface area contributed by atoms with Crippen LogP contribution in [-0.2, 0) is 12.0 Å². The van der Waals surface area contributed by atoms with Crippen LogP contribution in [0, 0.1) is 0 Å².